The molecule has 1 aliphatic heterocycles. The lowest BCUT2D eigenvalue weighted by molar-refractivity contribution is 0.0850. The molecule has 1 aromatic heterocycles. The van der Waals surface area contributed by atoms with E-state index < -0.39 is 0 Å². The first-order valence-corrected chi connectivity index (χ1v) is 10.4. The van der Waals surface area contributed by atoms with E-state index in [0.717, 1.165) is 24.8 Å². The van der Waals surface area contributed by atoms with E-state index in [0.29, 0.717) is 0 Å². The molecule has 26 heavy (non-hydrogen) atoms. The van der Waals surface area contributed by atoms with Gasteiger partial charge in [0.25, 0.3) is 0 Å². The number of imidazole rings is 1. The molecule has 140 valence electrons. The van der Waals surface area contributed by atoms with Gasteiger partial charge in [0.1, 0.15) is 5.82 Å². The van der Waals surface area contributed by atoms with Crippen LogP contribution in [-0.2, 0) is 25.8 Å². The summed E-state index contributed by atoms with van der Waals surface area (Å²) in [6.45, 7) is 7.98. The third kappa shape index (κ3) is 4.18. The quantitative estimate of drug-likeness (QED) is 0.865. The lowest BCUT2D eigenvalue weighted by Gasteiger charge is -2.41. The van der Waals surface area contributed by atoms with Crippen molar-refractivity contribution in [2.45, 2.75) is 58.0 Å². The SMILES string of the molecule is CCCCc1ncc(CN2CCN(C3CCc4ccccc4C3)CC2)[nH]1. The van der Waals surface area contributed by atoms with Gasteiger partial charge >= 0.3 is 0 Å². The molecule has 0 spiro atoms. The summed E-state index contributed by atoms with van der Waals surface area (Å²) in [5, 5.41) is 0. The van der Waals surface area contributed by atoms with Gasteiger partial charge in [-0.3, -0.25) is 9.80 Å². The van der Waals surface area contributed by atoms with Crippen LogP contribution in [0.4, 0.5) is 0 Å². The maximum Gasteiger partial charge on any atom is 0.106 e. The normalized spacial score (nSPS) is 21.7. The number of H-pyrrole nitrogens is 1. The van der Waals surface area contributed by atoms with Crippen molar-refractivity contribution in [1.29, 1.82) is 0 Å². The molecule has 4 rings (SSSR count). The number of nitrogens with one attached hydrogen (secondary N) is 1. The number of rotatable bonds is 6. The highest BCUT2D eigenvalue weighted by atomic mass is 15.3. The monoisotopic (exact) mass is 352 g/mol. The third-order valence-corrected chi connectivity index (χ3v) is 6.09. The number of aromatic amines is 1. The molecule has 0 amide bonds. The molecule has 4 nitrogen and oxygen atoms in total. The number of hydrogen-bond donors (Lipinski definition) is 1. The molecule has 1 saturated heterocycles. The second-order valence-corrected chi connectivity index (χ2v) is 7.94. The Balaban J connectivity index is 1.26. The van der Waals surface area contributed by atoms with Crippen LogP contribution in [0, 0.1) is 0 Å². The lowest BCUT2D eigenvalue weighted by atomic mass is 9.87. The van der Waals surface area contributed by atoms with Gasteiger partial charge in [0, 0.05) is 57.1 Å². The summed E-state index contributed by atoms with van der Waals surface area (Å²) >= 11 is 0. The van der Waals surface area contributed by atoms with Crippen molar-refractivity contribution in [2.24, 2.45) is 0 Å². The van der Waals surface area contributed by atoms with Crippen LogP contribution in [0.5, 0.6) is 0 Å². The smallest absolute Gasteiger partial charge is 0.106 e. The predicted octanol–water partition coefficient (Wildman–Crippen LogP) is 3.43. The van der Waals surface area contributed by atoms with E-state index in [-0.39, 0.29) is 0 Å². The van der Waals surface area contributed by atoms with Gasteiger partial charge in [0.05, 0.1) is 0 Å². The topological polar surface area (TPSA) is 35.2 Å². The average molecular weight is 353 g/mol. The Morgan fingerprint density at radius 2 is 1.92 bits per heavy atom. The molecule has 1 aromatic carbocycles. The number of nitrogens with zero attached hydrogens (tertiary/aromatic N) is 3. The number of benzene rings is 1. The Kier molecular flexibility index (Phi) is 5.71. The van der Waals surface area contributed by atoms with Crippen molar-refractivity contribution in [3.63, 3.8) is 0 Å². The lowest BCUT2D eigenvalue weighted by Crippen LogP contribution is -2.51. The average Bonchev–Trinajstić information content (AvgIpc) is 3.14. The van der Waals surface area contributed by atoms with Crippen LogP contribution in [0.3, 0.4) is 0 Å². The van der Waals surface area contributed by atoms with Crippen molar-refractivity contribution in [2.75, 3.05) is 26.2 Å². The van der Waals surface area contributed by atoms with Gasteiger partial charge < -0.3 is 4.98 Å². The first-order valence-electron chi connectivity index (χ1n) is 10.4. The fraction of sp³-hybridized carbons (Fsp3) is 0.591. The molecule has 2 heterocycles. The Labute approximate surface area is 157 Å². The van der Waals surface area contributed by atoms with Crippen molar-refractivity contribution < 1.29 is 0 Å². The first-order chi connectivity index (χ1) is 12.8. The van der Waals surface area contributed by atoms with Crippen LogP contribution in [0.2, 0.25) is 0 Å². The van der Waals surface area contributed by atoms with E-state index in [9.17, 15) is 0 Å². The summed E-state index contributed by atoms with van der Waals surface area (Å²) in [6, 6.07) is 9.74. The number of hydrogen-bond acceptors (Lipinski definition) is 3. The van der Waals surface area contributed by atoms with Gasteiger partial charge in [-0.25, -0.2) is 4.98 Å². The van der Waals surface area contributed by atoms with E-state index in [1.54, 1.807) is 11.1 Å². The van der Waals surface area contributed by atoms with Crippen LogP contribution in [-0.4, -0.2) is 52.0 Å². The molecule has 1 aliphatic carbocycles. The van der Waals surface area contributed by atoms with Crippen LogP contribution < -0.4 is 0 Å². The maximum atomic E-state index is 4.54. The number of unbranched alkanes of at least 4 members (excludes halogenated alkanes) is 1. The van der Waals surface area contributed by atoms with Crippen molar-refractivity contribution >= 4 is 0 Å². The van der Waals surface area contributed by atoms with E-state index in [4.69, 9.17) is 0 Å². The second kappa shape index (κ2) is 8.36. The van der Waals surface area contributed by atoms with Gasteiger partial charge in [-0.2, -0.15) is 0 Å². The Hall–Kier alpha value is -1.65. The summed E-state index contributed by atoms with van der Waals surface area (Å²) in [7, 11) is 0. The van der Waals surface area contributed by atoms with E-state index in [2.05, 4.69) is 51.0 Å². The fourth-order valence-electron chi connectivity index (χ4n) is 4.48. The molecule has 1 atom stereocenters. The first kappa shape index (κ1) is 17.7. The Bertz CT molecular complexity index is 700. The molecule has 0 saturated carbocycles. The van der Waals surface area contributed by atoms with Crippen molar-refractivity contribution in [3.05, 3.63) is 53.1 Å². The summed E-state index contributed by atoms with van der Waals surface area (Å²) in [5.74, 6) is 1.15. The van der Waals surface area contributed by atoms with Gasteiger partial charge in [-0.05, 0) is 36.8 Å². The van der Waals surface area contributed by atoms with Crippen LogP contribution >= 0.6 is 0 Å². The third-order valence-electron chi connectivity index (χ3n) is 6.09. The molecule has 1 unspecified atom stereocenters. The standard InChI is InChI=1S/C22H32N4/c1-2-3-8-22-23-16-20(24-22)17-25-11-13-26(14-12-25)21-10-9-18-6-4-5-7-19(18)15-21/h4-7,16,21H,2-3,8-15,17H2,1H3,(H,23,24). The number of aromatic nitrogens is 2. The highest BCUT2D eigenvalue weighted by Gasteiger charge is 2.27. The highest BCUT2D eigenvalue weighted by molar-refractivity contribution is 5.30. The van der Waals surface area contributed by atoms with E-state index >= 15 is 0 Å². The van der Waals surface area contributed by atoms with Gasteiger partial charge in [0.2, 0.25) is 0 Å². The van der Waals surface area contributed by atoms with Gasteiger partial charge in [-0.1, -0.05) is 37.6 Å². The predicted molar refractivity (Wildman–Crippen MR) is 106 cm³/mol. The summed E-state index contributed by atoms with van der Waals surface area (Å²) in [6.07, 6.45) is 9.36. The Morgan fingerprint density at radius 1 is 1.12 bits per heavy atom. The zero-order chi connectivity index (χ0) is 17.8. The largest absolute Gasteiger partial charge is 0.345 e. The molecule has 2 aromatic rings. The zero-order valence-electron chi connectivity index (χ0n) is 16.1. The van der Waals surface area contributed by atoms with E-state index in [1.165, 1.54) is 64.0 Å². The molecule has 0 radical (unpaired) electrons. The maximum absolute atomic E-state index is 4.54. The summed E-state index contributed by atoms with van der Waals surface area (Å²) < 4.78 is 0. The number of aryl methyl sites for hydroxylation is 2. The second-order valence-electron chi connectivity index (χ2n) is 7.94. The molecular weight excluding hydrogens is 320 g/mol. The van der Waals surface area contributed by atoms with Crippen LogP contribution in [0.1, 0.15) is 48.8 Å². The molecule has 2 aliphatic rings. The molecule has 0 bridgehead atoms. The zero-order valence-corrected chi connectivity index (χ0v) is 16.1. The van der Waals surface area contributed by atoms with Crippen LogP contribution in [0.25, 0.3) is 0 Å². The summed E-state index contributed by atoms with van der Waals surface area (Å²) in [4.78, 5) is 13.4. The van der Waals surface area contributed by atoms with Gasteiger partial charge in [-0.15, -0.1) is 0 Å². The Morgan fingerprint density at radius 3 is 2.73 bits per heavy atom. The number of fused-ring (bicyclic) bond motifs is 1. The van der Waals surface area contributed by atoms with Crippen LogP contribution in [0.15, 0.2) is 30.5 Å². The summed E-state index contributed by atoms with van der Waals surface area (Å²) in [5.41, 5.74) is 4.42. The van der Waals surface area contributed by atoms with Crippen molar-refractivity contribution in [1.82, 2.24) is 19.8 Å². The minimum Gasteiger partial charge on any atom is -0.345 e. The number of piperazine rings is 1. The van der Waals surface area contributed by atoms with Gasteiger partial charge in [0.15, 0.2) is 0 Å². The van der Waals surface area contributed by atoms with Crippen molar-refractivity contribution in [3.8, 4) is 0 Å². The minimum atomic E-state index is 0.736. The molecule has 4 heteroatoms. The molecular formula is C22H32N4. The fourth-order valence-corrected chi connectivity index (χ4v) is 4.48. The highest BCUT2D eigenvalue weighted by Crippen LogP contribution is 2.25. The minimum absolute atomic E-state index is 0.736. The van der Waals surface area contributed by atoms with E-state index in [1.807, 2.05) is 6.20 Å². The molecule has 1 fully saturated rings. The molecule has 1 N–H and O–H groups in total.